The average molecular weight is 623 g/mol. The largest absolute Gasteiger partial charge is 0.135 e. The summed E-state index contributed by atoms with van der Waals surface area (Å²) in [5.41, 5.74) is 9.38. The Morgan fingerprint density at radius 2 is 0.696 bits per heavy atom. The van der Waals surface area contributed by atoms with Gasteiger partial charge in [-0.05, 0) is 95.8 Å². The first-order chi connectivity index (χ1) is 22.5. The summed E-state index contributed by atoms with van der Waals surface area (Å²) in [5, 5.41) is 5.36. The second-order valence-corrected chi connectivity index (χ2v) is 14.0. The van der Waals surface area contributed by atoms with Gasteiger partial charge in [-0.3, -0.25) is 0 Å². The standard InChI is InChI=1S/C44H30S2/c1-29-3-21-37-39-23-19-35(27-43(39)45-41(37)25-29)17-15-33-11-7-31(8-12-33)5-6-32-9-13-34(14-10-32)16-18-36-20-24-40-38-22-4-30(2)26-42(38)46-44(40)28-36/h3-4,7-28H,1-2H3/b17-15+,18-16+. The van der Waals surface area contributed by atoms with Gasteiger partial charge in [0.15, 0.2) is 0 Å². The Kier molecular flexibility index (Phi) is 7.35. The van der Waals surface area contributed by atoms with Crippen molar-refractivity contribution in [2.75, 3.05) is 0 Å². The zero-order valence-corrected chi connectivity index (χ0v) is 27.3. The molecule has 0 N–H and O–H groups in total. The van der Waals surface area contributed by atoms with E-state index in [2.05, 4.69) is 171 Å². The lowest BCUT2D eigenvalue weighted by molar-refractivity contribution is 1.52. The van der Waals surface area contributed by atoms with Crippen molar-refractivity contribution >= 4 is 87.3 Å². The summed E-state index contributed by atoms with van der Waals surface area (Å²) in [6.45, 7) is 4.31. The van der Waals surface area contributed by atoms with Gasteiger partial charge in [0.2, 0.25) is 0 Å². The van der Waals surface area contributed by atoms with E-state index >= 15 is 0 Å². The fourth-order valence-corrected chi connectivity index (χ4v) is 8.40. The molecule has 8 rings (SSSR count). The third-order valence-electron chi connectivity index (χ3n) is 8.41. The quantitative estimate of drug-likeness (QED) is 0.135. The molecule has 0 bridgehead atoms. The minimum atomic E-state index is 1.01. The van der Waals surface area contributed by atoms with Crippen LogP contribution in [0.1, 0.15) is 44.5 Å². The van der Waals surface area contributed by atoms with Gasteiger partial charge in [0.25, 0.3) is 0 Å². The van der Waals surface area contributed by atoms with Crippen LogP contribution in [-0.4, -0.2) is 0 Å². The molecule has 0 saturated heterocycles. The van der Waals surface area contributed by atoms with Crippen LogP contribution in [0.25, 0.3) is 64.6 Å². The molecule has 0 atom stereocenters. The first-order valence-electron chi connectivity index (χ1n) is 15.5. The van der Waals surface area contributed by atoms with Crippen LogP contribution in [0.15, 0.2) is 121 Å². The summed E-state index contributed by atoms with van der Waals surface area (Å²) in [6.07, 6.45) is 8.72. The molecule has 2 aromatic heterocycles. The number of benzene rings is 6. The Labute approximate surface area is 277 Å². The van der Waals surface area contributed by atoms with Crippen LogP contribution in [0.2, 0.25) is 0 Å². The SMILES string of the molecule is Cc1ccc2c(c1)sc1cc(/C=C/c3ccc(C#Cc4ccc(/C=C/c5ccc6c(c5)sc5cc(C)ccc56)cc4)cc3)ccc12. The van der Waals surface area contributed by atoms with E-state index in [1.54, 1.807) is 0 Å². The van der Waals surface area contributed by atoms with Crippen LogP contribution in [0.3, 0.4) is 0 Å². The molecule has 0 fully saturated rings. The fraction of sp³-hybridized carbons (Fsp3) is 0.0455. The van der Waals surface area contributed by atoms with Crippen molar-refractivity contribution in [1.82, 2.24) is 0 Å². The smallest absolute Gasteiger partial charge is 0.0361 e. The van der Waals surface area contributed by atoms with Gasteiger partial charge < -0.3 is 0 Å². The van der Waals surface area contributed by atoms with E-state index in [4.69, 9.17) is 0 Å². The summed E-state index contributed by atoms with van der Waals surface area (Å²) < 4.78 is 5.37. The van der Waals surface area contributed by atoms with Crippen molar-refractivity contribution in [2.45, 2.75) is 13.8 Å². The molecule has 0 aliphatic rings. The van der Waals surface area contributed by atoms with E-state index in [1.807, 2.05) is 22.7 Å². The predicted octanol–water partition coefficient (Wildman–Crippen LogP) is 12.8. The molecular weight excluding hydrogens is 593 g/mol. The molecule has 0 radical (unpaired) electrons. The highest BCUT2D eigenvalue weighted by molar-refractivity contribution is 7.26. The van der Waals surface area contributed by atoms with E-state index in [1.165, 1.54) is 62.6 Å². The third kappa shape index (κ3) is 5.80. The molecule has 2 heteroatoms. The number of rotatable bonds is 4. The second-order valence-electron chi connectivity index (χ2n) is 11.9. The van der Waals surface area contributed by atoms with E-state index < -0.39 is 0 Å². The molecule has 0 aliphatic carbocycles. The molecule has 8 aromatic rings. The second kappa shape index (κ2) is 12.0. The van der Waals surface area contributed by atoms with Crippen LogP contribution in [0, 0.1) is 25.7 Å². The van der Waals surface area contributed by atoms with Crippen LogP contribution >= 0.6 is 22.7 Å². The molecular formula is C44H30S2. The molecule has 0 aliphatic heterocycles. The summed E-state index contributed by atoms with van der Waals surface area (Å²) in [4.78, 5) is 0. The molecule has 0 spiro atoms. The molecule has 0 amide bonds. The Morgan fingerprint density at radius 3 is 1.11 bits per heavy atom. The third-order valence-corrected chi connectivity index (χ3v) is 10.6. The normalized spacial score (nSPS) is 11.8. The molecule has 6 aromatic carbocycles. The first kappa shape index (κ1) is 28.3. The minimum absolute atomic E-state index is 1.01. The number of hydrogen-bond acceptors (Lipinski definition) is 2. The van der Waals surface area contributed by atoms with Crippen molar-refractivity contribution in [3.05, 3.63) is 166 Å². The zero-order chi connectivity index (χ0) is 31.0. The molecule has 46 heavy (non-hydrogen) atoms. The van der Waals surface area contributed by atoms with Gasteiger partial charge in [-0.1, -0.05) is 109 Å². The van der Waals surface area contributed by atoms with Crippen LogP contribution < -0.4 is 0 Å². The maximum atomic E-state index is 3.32. The van der Waals surface area contributed by atoms with Crippen LogP contribution in [-0.2, 0) is 0 Å². The Balaban J connectivity index is 0.920. The Bertz CT molecular complexity index is 2350. The molecule has 0 unspecified atom stereocenters. The maximum Gasteiger partial charge on any atom is 0.0361 e. The van der Waals surface area contributed by atoms with E-state index in [9.17, 15) is 0 Å². The molecule has 218 valence electrons. The van der Waals surface area contributed by atoms with Gasteiger partial charge in [-0.25, -0.2) is 0 Å². The molecule has 0 nitrogen and oxygen atoms in total. The van der Waals surface area contributed by atoms with Crippen molar-refractivity contribution in [3.63, 3.8) is 0 Å². The highest BCUT2D eigenvalue weighted by atomic mass is 32.1. The summed E-state index contributed by atoms with van der Waals surface area (Å²) >= 11 is 3.74. The first-order valence-corrected chi connectivity index (χ1v) is 17.1. The maximum absolute atomic E-state index is 3.32. The van der Waals surface area contributed by atoms with Gasteiger partial charge in [0.1, 0.15) is 0 Å². The topological polar surface area (TPSA) is 0 Å². The number of hydrogen-bond donors (Lipinski definition) is 0. The summed E-state index contributed by atoms with van der Waals surface area (Å²) in [6, 6.07) is 43.8. The van der Waals surface area contributed by atoms with E-state index in [-0.39, 0.29) is 0 Å². The van der Waals surface area contributed by atoms with Gasteiger partial charge in [-0.15, -0.1) is 22.7 Å². The lowest BCUT2D eigenvalue weighted by atomic mass is 10.1. The molecule has 2 heterocycles. The van der Waals surface area contributed by atoms with Gasteiger partial charge in [-0.2, -0.15) is 0 Å². The van der Waals surface area contributed by atoms with Gasteiger partial charge in [0, 0.05) is 51.5 Å². The van der Waals surface area contributed by atoms with Gasteiger partial charge >= 0.3 is 0 Å². The lowest BCUT2D eigenvalue weighted by Crippen LogP contribution is -1.79. The summed E-state index contributed by atoms with van der Waals surface area (Å²) in [7, 11) is 0. The van der Waals surface area contributed by atoms with E-state index in [0.717, 1.165) is 22.3 Å². The van der Waals surface area contributed by atoms with Crippen LogP contribution in [0.5, 0.6) is 0 Å². The predicted molar refractivity (Wildman–Crippen MR) is 205 cm³/mol. The lowest BCUT2D eigenvalue weighted by Gasteiger charge is -1.98. The monoisotopic (exact) mass is 622 g/mol. The zero-order valence-electron chi connectivity index (χ0n) is 25.7. The average Bonchev–Trinajstić information content (AvgIpc) is 3.62. The Hall–Kier alpha value is -5.20. The highest BCUT2D eigenvalue weighted by Gasteiger charge is 2.06. The van der Waals surface area contributed by atoms with Crippen molar-refractivity contribution in [2.24, 2.45) is 0 Å². The number of aryl methyl sites for hydroxylation is 2. The van der Waals surface area contributed by atoms with Gasteiger partial charge in [0.05, 0.1) is 0 Å². The summed E-state index contributed by atoms with van der Waals surface area (Å²) in [5.74, 6) is 6.64. The number of fused-ring (bicyclic) bond motifs is 6. The van der Waals surface area contributed by atoms with E-state index in [0.29, 0.717) is 0 Å². The van der Waals surface area contributed by atoms with Crippen molar-refractivity contribution in [1.29, 1.82) is 0 Å². The number of thiophene rings is 2. The molecule has 0 saturated carbocycles. The van der Waals surface area contributed by atoms with Crippen LogP contribution in [0.4, 0.5) is 0 Å². The Morgan fingerprint density at radius 1 is 0.370 bits per heavy atom. The highest BCUT2D eigenvalue weighted by Crippen LogP contribution is 2.36. The fourth-order valence-electron chi connectivity index (χ4n) is 5.89. The minimum Gasteiger partial charge on any atom is -0.135 e. The van der Waals surface area contributed by atoms with Crippen molar-refractivity contribution in [3.8, 4) is 11.8 Å². The van der Waals surface area contributed by atoms with Crippen molar-refractivity contribution < 1.29 is 0 Å².